The molecule has 0 aliphatic carbocycles. The van der Waals surface area contributed by atoms with Crippen LogP contribution in [0.5, 0.6) is 5.75 Å². The first-order chi connectivity index (χ1) is 8.19. The van der Waals surface area contributed by atoms with Crippen molar-refractivity contribution >= 4 is 11.4 Å². The highest BCUT2D eigenvalue weighted by Crippen LogP contribution is 2.29. The largest absolute Gasteiger partial charge is 0.495 e. The molecule has 0 aliphatic heterocycles. The second kappa shape index (κ2) is 7.05. The number of nitrogens with zero attached hydrogens (tertiary/aromatic N) is 1. The fourth-order valence-electron chi connectivity index (χ4n) is 1.91. The third-order valence-electron chi connectivity index (χ3n) is 2.96. The topological polar surface area (TPSA) is 38.5 Å². The van der Waals surface area contributed by atoms with Gasteiger partial charge in [0, 0.05) is 25.3 Å². The maximum absolute atomic E-state index is 5.74. The molecule has 0 spiro atoms. The van der Waals surface area contributed by atoms with Crippen LogP contribution in [0.4, 0.5) is 11.4 Å². The van der Waals surface area contributed by atoms with Crippen LogP contribution in [0.2, 0.25) is 0 Å². The van der Waals surface area contributed by atoms with Crippen LogP contribution in [0.1, 0.15) is 32.6 Å². The Labute approximate surface area is 105 Å². The molecule has 3 heteroatoms. The number of methoxy groups -OCH3 is 1. The van der Waals surface area contributed by atoms with E-state index in [-0.39, 0.29) is 0 Å². The van der Waals surface area contributed by atoms with Gasteiger partial charge in [0.25, 0.3) is 0 Å². The van der Waals surface area contributed by atoms with Crippen LogP contribution in [0, 0.1) is 0 Å². The van der Waals surface area contributed by atoms with Gasteiger partial charge in [-0.25, -0.2) is 0 Å². The SMILES string of the molecule is CCCCCCN(C)c1ccc(N)cc1OC. The molecule has 0 heterocycles. The first-order valence-electron chi connectivity index (χ1n) is 6.33. The zero-order valence-corrected chi connectivity index (χ0v) is 11.2. The standard InChI is InChI=1S/C14H24N2O/c1-4-5-6-7-10-16(2)13-9-8-12(15)11-14(13)17-3/h8-9,11H,4-7,10,15H2,1-3H3. The van der Waals surface area contributed by atoms with Crippen LogP contribution in [0.25, 0.3) is 0 Å². The molecule has 0 unspecified atom stereocenters. The van der Waals surface area contributed by atoms with Gasteiger partial charge in [-0.1, -0.05) is 26.2 Å². The maximum atomic E-state index is 5.74. The number of hydrogen-bond donors (Lipinski definition) is 1. The van der Waals surface area contributed by atoms with Gasteiger partial charge in [-0.3, -0.25) is 0 Å². The minimum Gasteiger partial charge on any atom is -0.495 e. The van der Waals surface area contributed by atoms with E-state index < -0.39 is 0 Å². The average Bonchev–Trinajstić information content (AvgIpc) is 2.34. The summed E-state index contributed by atoms with van der Waals surface area (Å²) in [5.74, 6) is 0.850. The molecular weight excluding hydrogens is 212 g/mol. The molecule has 2 N–H and O–H groups in total. The van der Waals surface area contributed by atoms with E-state index in [0.717, 1.165) is 23.7 Å². The second-order valence-electron chi connectivity index (χ2n) is 4.41. The van der Waals surface area contributed by atoms with Gasteiger partial charge >= 0.3 is 0 Å². The van der Waals surface area contributed by atoms with Crippen LogP contribution in [-0.2, 0) is 0 Å². The number of unbranched alkanes of at least 4 members (excludes halogenated alkanes) is 3. The van der Waals surface area contributed by atoms with E-state index in [4.69, 9.17) is 10.5 Å². The quantitative estimate of drug-likeness (QED) is 0.583. The molecule has 3 nitrogen and oxygen atoms in total. The Morgan fingerprint density at radius 3 is 2.65 bits per heavy atom. The van der Waals surface area contributed by atoms with Crippen molar-refractivity contribution in [3.05, 3.63) is 18.2 Å². The van der Waals surface area contributed by atoms with Crippen LogP contribution in [-0.4, -0.2) is 20.7 Å². The van der Waals surface area contributed by atoms with Crippen LogP contribution in [0.3, 0.4) is 0 Å². The van der Waals surface area contributed by atoms with E-state index in [0.29, 0.717) is 0 Å². The highest BCUT2D eigenvalue weighted by molar-refractivity contribution is 5.63. The monoisotopic (exact) mass is 236 g/mol. The summed E-state index contributed by atoms with van der Waals surface area (Å²) in [6.07, 6.45) is 5.09. The van der Waals surface area contributed by atoms with Gasteiger partial charge in [-0.2, -0.15) is 0 Å². The summed E-state index contributed by atoms with van der Waals surface area (Å²) in [5.41, 5.74) is 7.59. The lowest BCUT2D eigenvalue weighted by molar-refractivity contribution is 0.415. The smallest absolute Gasteiger partial charge is 0.144 e. The molecule has 1 aromatic rings. The Kier molecular flexibility index (Phi) is 5.67. The van der Waals surface area contributed by atoms with Crippen molar-refractivity contribution in [1.29, 1.82) is 0 Å². The number of nitrogens with two attached hydrogens (primary N) is 1. The van der Waals surface area contributed by atoms with Gasteiger partial charge in [0.05, 0.1) is 12.8 Å². The minimum absolute atomic E-state index is 0.741. The van der Waals surface area contributed by atoms with Gasteiger partial charge < -0.3 is 15.4 Å². The van der Waals surface area contributed by atoms with E-state index in [9.17, 15) is 0 Å². The van der Waals surface area contributed by atoms with E-state index >= 15 is 0 Å². The molecule has 0 radical (unpaired) electrons. The second-order valence-corrected chi connectivity index (χ2v) is 4.41. The zero-order valence-electron chi connectivity index (χ0n) is 11.2. The molecule has 0 amide bonds. The Morgan fingerprint density at radius 2 is 2.00 bits per heavy atom. The van der Waals surface area contributed by atoms with Crippen LogP contribution < -0.4 is 15.4 Å². The molecule has 0 bridgehead atoms. The molecule has 0 saturated heterocycles. The summed E-state index contributed by atoms with van der Waals surface area (Å²) in [4.78, 5) is 2.23. The number of benzene rings is 1. The summed E-state index contributed by atoms with van der Waals surface area (Å²) < 4.78 is 5.35. The predicted molar refractivity (Wildman–Crippen MR) is 74.8 cm³/mol. The molecule has 96 valence electrons. The first-order valence-corrected chi connectivity index (χ1v) is 6.33. The van der Waals surface area contributed by atoms with Crippen molar-refractivity contribution < 1.29 is 4.74 Å². The summed E-state index contributed by atoms with van der Waals surface area (Å²) in [6.45, 7) is 3.28. The van der Waals surface area contributed by atoms with Crippen LogP contribution in [0.15, 0.2) is 18.2 Å². The Bertz CT molecular complexity index is 339. The summed E-state index contributed by atoms with van der Waals surface area (Å²) in [7, 11) is 3.78. The van der Waals surface area contributed by atoms with E-state index in [1.54, 1.807) is 7.11 Å². The molecular formula is C14H24N2O. The van der Waals surface area contributed by atoms with Crippen molar-refractivity contribution in [3.63, 3.8) is 0 Å². The lowest BCUT2D eigenvalue weighted by atomic mass is 10.2. The Balaban J connectivity index is 2.58. The summed E-state index contributed by atoms with van der Waals surface area (Å²) in [6, 6.07) is 5.81. The Morgan fingerprint density at radius 1 is 1.24 bits per heavy atom. The molecule has 1 rings (SSSR count). The van der Waals surface area contributed by atoms with E-state index in [2.05, 4.69) is 18.9 Å². The molecule has 0 saturated carbocycles. The summed E-state index contributed by atoms with van der Waals surface area (Å²) >= 11 is 0. The number of rotatable bonds is 7. The highest BCUT2D eigenvalue weighted by atomic mass is 16.5. The van der Waals surface area contributed by atoms with E-state index in [1.807, 2.05) is 18.2 Å². The first kappa shape index (κ1) is 13.7. The minimum atomic E-state index is 0.741. The Hall–Kier alpha value is -1.38. The zero-order chi connectivity index (χ0) is 12.7. The normalized spacial score (nSPS) is 10.3. The van der Waals surface area contributed by atoms with Crippen molar-refractivity contribution in [3.8, 4) is 5.75 Å². The highest BCUT2D eigenvalue weighted by Gasteiger charge is 2.07. The fourth-order valence-corrected chi connectivity index (χ4v) is 1.91. The lowest BCUT2D eigenvalue weighted by Gasteiger charge is -2.22. The van der Waals surface area contributed by atoms with Gasteiger partial charge in [0.2, 0.25) is 0 Å². The number of ether oxygens (including phenoxy) is 1. The van der Waals surface area contributed by atoms with Crippen molar-refractivity contribution in [2.24, 2.45) is 0 Å². The third kappa shape index (κ3) is 4.17. The molecule has 0 atom stereocenters. The predicted octanol–water partition coefficient (Wildman–Crippen LogP) is 3.29. The number of nitrogen functional groups attached to an aromatic ring is 1. The maximum Gasteiger partial charge on any atom is 0.144 e. The fraction of sp³-hybridized carbons (Fsp3) is 0.571. The van der Waals surface area contributed by atoms with Gasteiger partial charge in [-0.05, 0) is 18.6 Å². The average molecular weight is 236 g/mol. The van der Waals surface area contributed by atoms with Gasteiger partial charge in [0.1, 0.15) is 5.75 Å². The van der Waals surface area contributed by atoms with Crippen molar-refractivity contribution in [1.82, 2.24) is 0 Å². The summed E-state index contributed by atoms with van der Waals surface area (Å²) in [5, 5.41) is 0. The number of hydrogen-bond acceptors (Lipinski definition) is 3. The molecule has 0 aromatic heterocycles. The third-order valence-corrected chi connectivity index (χ3v) is 2.96. The lowest BCUT2D eigenvalue weighted by Crippen LogP contribution is -2.19. The van der Waals surface area contributed by atoms with Crippen LogP contribution >= 0.6 is 0 Å². The van der Waals surface area contributed by atoms with Gasteiger partial charge in [0.15, 0.2) is 0 Å². The van der Waals surface area contributed by atoms with Crippen molar-refractivity contribution in [2.45, 2.75) is 32.6 Å². The van der Waals surface area contributed by atoms with E-state index in [1.165, 1.54) is 25.7 Å². The van der Waals surface area contributed by atoms with Crippen molar-refractivity contribution in [2.75, 3.05) is 31.3 Å². The molecule has 17 heavy (non-hydrogen) atoms. The molecule has 0 aliphatic rings. The molecule has 0 fully saturated rings. The molecule has 1 aromatic carbocycles. The van der Waals surface area contributed by atoms with Gasteiger partial charge in [-0.15, -0.1) is 0 Å². The number of anilines is 2.